The summed E-state index contributed by atoms with van der Waals surface area (Å²) in [6.45, 7) is 0. The maximum atomic E-state index is 11.7. The Balaban J connectivity index is 1.56. The molecule has 236 valence electrons. The van der Waals surface area contributed by atoms with Gasteiger partial charge < -0.3 is 45.3 Å². The van der Waals surface area contributed by atoms with Gasteiger partial charge in [-0.15, -0.1) is 0 Å². The van der Waals surface area contributed by atoms with Crippen molar-refractivity contribution in [3.8, 4) is 79.4 Å². The molecule has 0 atom stereocenters. The molecule has 0 saturated carbocycles. The SMILES string of the molecule is Oc1c(O)c2c3c(oc4c(O)c5c(O)c(O)c(O)c(O)c5c(c43)-c3cccc4c(-c5ccc6ccccc6c5)c5ccccc5c-2c34)c1O. The molecule has 1 aliphatic rings. The molecule has 8 N–H and O–H groups in total. The van der Waals surface area contributed by atoms with E-state index in [4.69, 9.17) is 4.42 Å². The lowest BCUT2D eigenvalue weighted by Gasteiger charge is -2.21. The van der Waals surface area contributed by atoms with Crippen LogP contribution in [0.5, 0.6) is 46.0 Å². The summed E-state index contributed by atoms with van der Waals surface area (Å²) in [4.78, 5) is 0. The molecule has 1 aliphatic carbocycles. The van der Waals surface area contributed by atoms with Gasteiger partial charge in [-0.1, -0.05) is 78.9 Å². The van der Waals surface area contributed by atoms with Crippen LogP contribution in [0.15, 0.2) is 89.3 Å². The third-order valence-electron chi connectivity index (χ3n) is 10.0. The molecule has 0 fully saturated rings. The van der Waals surface area contributed by atoms with Crippen LogP contribution in [0.1, 0.15) is 0 Å². The number of hydrogen-bond acceptors (Lipinski definition) is 9. The van der Waals surface area contributed by atoms with Crippen LogP contribution < -0.4 is 0 Å². The summed E-state index contributed by atoms with van der Waals surface area (Å²) >= 11 is 0. The number of fused-ring (bicyclic) bond motifs is 7. The molecule has 0 aliphatic heterocycles. The van der Waals surface area contributed by atoms with E-state index in [9.17, 15) is 40.9 Å². The van der Waals surface area contributed by atoms with E-state index in [2.05, 4.69) is 6.07 Å². The Morgan fingerprint density at radius 2 is 0.939 bits per heavy atom. The second-order valence-electron chi connectivity index (χ2n) is 12.4. The first kappa shape index (κ1) is 27.1. The summed E-state index contributed by atoms with van der Waals surface area (Å²) in [5.74, 6) is -6.79. The Labute approximate surface area is 274 Å². The van der Waals surface area contributed by atoms with Crippen LogP contribution in [-0.4, -0.2) is 40.9 Å². The Hall–Kier alpha value is -7.00. The van der Waals surface area contributed by atoms with Gasteiger partial charge in [0, 0.05) is 32.8 Å². The summed E-state index contributed by atoms with van der Waals surface area (Å²) in [6, 6.07) is 27.3. The summed E-state index contributed by atoms with van der Waals surface area (Å²) in [7, 11) is 0. The molecule has 8 aromatic carbocycles. The average molecular weight is 647 g/mol. The van der Waals surface area contributed by atoms with Crippen LogP contribution in [0.25, 0.3) is 98.4 Å². The zero-order valence-corrected chi connectivity index (χ0v) is 25.1. The summed E-state index contributed by atoms with van der Waals surface area (Å²) < 4.78 is 6.03. The van der Waals surface area contributed by atoms with Gasteiger partial charge in [-0.3, -0.25) is 0 Å². The van der Waals surface area contributed by atoms with E-state index < -0.39 is 51.4 Å². The maximum Gasteiger partial charge on any atom is 0.205 e. The first-order chi connectivity index (χ1) is 23.7. The van der Waals surface area contributed by atoms with E-state index in [1.165, 1.54) is 0 Å². The van der Waals surface area contributed by atoms with Crippen molar-refractivity contribution in [1.82, 2.24) is 0 Å². The van der Waals surface area contributed by atoms with Crippen LogP contribution in [-0.2, 0) is 0 Å². The second-order valence-corrected chi connectivity index (χ2v) is 12.4. The minimum Gasteiger partial charge on any atom is -0.504 e. The predicted molar refractivity (Wildman–Crippen MR) is 187 cm³/mol. The Morgan fingerprint density at radius 3 is 1.69 bits per heavy atom. The lowest BCUT2D eigenvalue weighted by atomic mass is 9.83. The van der Waals surface area contributed by atoms with E-state index in [-0.39, 0.29) is 38.5 Å². The van der Waals surface area contributed by atoms with Gasteiger partial charge in [0.2, 0.25) is 23.0 Å². The zero-order valence-electron chi connectivity index (χ0n) is 25.1. The smallest absolute Gasteiger partial charge is 0.205 e. The number of rotatable bonds is 1. The molecule has 1 heterocycles. The molecule has 1 aromatic heterocycles. The van der Waals surface area contributed by atoms with Crippen molar-refractivity contribution >= 4 is 65.0 Å². The van der Waals surface area contributed by atoms with E-state index in [0.29, 0.717) is 21.9 Å². The fourth-order valence-electron chi connectivity index (χ4n) is 7.97. The van der Waals surface area contributed by atoms with Gasteiger partial charge in [-0.05, 0) is 55.1 Å². The lowest BCUT2D eigenvalue weighted by molar-refractivity contribution is 0.350. The van der Waals surface area contributed by atoms with Crippen molar-refractivity contribution in [2.75, 3.05) is 0 Å². The summed E-state index contributed by atoms with van der Waals surface area (Å²) in [6.07, 6.45) is 0. The molecule has 0 unspecified atom stereocenters. The standard InChI is InChI=1S/C40H22O9/c41-31-26-24-19-9-4-3-8-18(19)22(17-13-12-15-6-1-2-7-16(15)14-17)20-10-5-11-21(23(20)24)25-27-30(33(43)36(46)35(45)32(27)42)34(44)39-28(25)29(26)40(49-39)38(48)37(31)47/h1-14,41-48H. The van der Waals surface area contributed by atoms with Crippen molar-refractivity contribution in [2.45, 2.75) is 0 Å². The number of aromatic hydroxyl groups is 8. The van der Waals surface area contributed by atoms with Gasteiger partial charge >= 0.3 is 0 Å². The second kappa shape index (κ2) is 8.87. The number of hydrogen-bond donors (Lipinski definition) is 8. The van der Waals surface area contributed by atoms with Gasteiger partial charge in [-0.2, -0.15) is 0 Å². The van der Waals surface area contributed by atoms with Crippen LogP contribution >= 0.6 is 0 Å². The molecule has 49 heavy (non-hydrogen) atoms. The quantitative estimate of drug-likeness (QED) is 0.0491. The highest BCUT2D eigenvalue weighted by molar-refractivity contribution is 6.38. The van der Waals surface area contributed by atoms with E-state index in [1.54, 1.807) is 6.07 Å². The summed E-state index contributed by atoms with van der Waals surface area (Å²) in [5, 5.41) is 93.9. The van der Waals surface area contributed by atoms with Crippen molar-refractivity contribution in [2.24, 2.45) is 0 Å². The first-order valence-electron chi connectivity index (χ1n) is 15.3. The van der Waals surface area contributed by atoms with Gasteiger partial charge in [0.25, 0.3) is 0 Å². The minimum atomic E-state index is -1.06. The van der Waals surface area contributed by atoms with Gasteiger partial charge in [0.1, 0.15) is 0 Å². The van der Waals surface area contributed by atoms with E-state index in [0.717, 1.165) is 32.7 Å². The van der Waals surface area contributed by atoms with Crippen LogP contribution in [0.2, 0.25) is 0 Å². The fraction of sp³-hybridized carbons (Fsp3) is 0. The van der Waals surface area contributed by atoms with E-state index in [1.807, 2.05) is 72.8 Å². The van der Waals surface area contributed by atoms with Crippen LogP contribution in [0.4, 0.5) is 0 Å². The third kappa shape index (κ3) is 3.09. The number of benzene rings is 8. The van der Waals surface area contributed by atoms with E-state index >= 15 is 0 Å². The minimum absolute atomic E-state index is 0.104. The molecule has 10 rings (SSSR count). The molecule has 9 aromatic rings. The maximum absolute atomic E-state index is 11.7. The topological polar surface area (TPSA) is 175 Å². The monoisotopic (exact) mass is 646 g/mol. The van der Waals surface area contributed by atoms with Crippen molar-refractivity contribution in [3.05, 3.63) is 84.9 Å². The van der Waals surface area contributed by atoms with Crippen molar-refractivity contribution in [3.63, 3.8) is 0 Å². The molecular weight excluding hydrogens is 624 g/mol. The lowest BCUT2D eigenvalue weighted by Crippen LogP contribution is -1.93. The number of phenolic OH excluding ortho intramolecular Hbond substituents is 8. The van der Waals surface area contributed by atoms with Crippen molar-refractivity contribution < 1.29 is 45.3 Å². The highest BCUT2D eigenvalue weighted by Crippen LogP contribution is 2.64. The Kier molecular flexibility index (Phi) is 4.91. The molecule has 0 bridgehead atoms. The summed E-state index contributed by atoms with van der Waals surface area (Å²) in [5.41, 5.74) is 2.43. The molecule has 0 spiro atoms. The number of phenols is 8. The molecule has 0 radical (unpaired) electrons. The largest absolute Gasteiger partial charge is 0.504 e. The molecule has 9 heteroatoms. The Bertz CT molecular complexity index is 3030. The van der Waals surface area contributed by atoms with Gasteiger partial charge in [0.15, 0.2) is 34.2 Å². The predicted octanol–water partition coefficient (Wildman–Crippen LogP) is 9.16. The number of furan rings is 1. The van der Waals surface area contributed by atoms with Gasteiger partial charge in [-0.25, -0.2) is 0 Å². The third-order valence-corrected chi connectivity index (χ3v) is 10.0. The average Bonchev–Trinajstić information content (AvgIpc) is 3.46. The molecule has 0 saturated heterocycles. The molecular formula is C40H22O9. The first-order valence-corrected chi connectivity index (χ1v) is 15.3. The fourth-order valence-corrected chi connectivity index (χ4v) is 7.97. The highest BCUT2D eigenvalue weighted by Gasteiger charge is 2.37. The van der Waals surface area contributed by atoms with Crippen LogP contribution in [0.3, 0.4) is 0 Å². The highest BCUT2D eigenvalue weighted by atomic mass is 16.4. The normalized spacial score (nSPS) is 12.3. The van der Waals surface area contributed by atoms with Crippen LogP contribution in [0, 0.1) is 0 Å². The molecule has 9 nitrogen and oxygen atoms in total. The Morgan fingerprint density at radius 1 is 0.347 bits per heavy atom. The zero-order chi connectivity index (χ0) is 33.6. The molecule has 0 amide bonds. The van der Waals surface area contributed by atoms with Gasteiger partial charge in [0.05, 0.1) is 5.39 Å². The van der Waals surface area contributed by atoms with Crippen molar-refractivity contribution in [1.29, 1.82) is 0 Å².